The molecule has 15 heteroatoms. The van der Waals surface area contributed by atoms with E-state index < -0.39 is 108 Å². The monoisotopic (exact) mass is 785 g/mol. The lowest BCUT2D eigenvalue weighted by atomic mass is 9.77. The van der Waals surface area contributed by atoms with Crippen molar-refractivity contribution in [2.75, 3.05) is 21.2 Å². The zero-order valence-corrected chi connectivity index (χ0v) is 35.1. The highest BCUT2D eigenvalue weighted by molar-refractivity contribution is 5.73. The van der Waals surface area contributed by atoms with E-state index in [-0.39, 0.29) is 18.2 Å². The summed E-state index contributed by atoms with van der Waals surface area (Å²) < 4.78 is 63.2. The zero-order valence-electron chi connectivity index (χ0n) is 35.1. The Balaban J connectivity index is 1.65. The van der Waals surface area contributed by atoms with E-state index >= 15 is 0 Å². The average molecular weight is 786 g/mol. The molecule has 18 atom stereocenters. The maximum Gasteiger partial charge on any atom is 0.509 e. The van der Waals surface area contributed by atoms with Gasteiger partial charge in [-0.15, -0.1) is 0 Å². The van der Waals surface area contributed by atoms with Crippen LogP contribution < -0.4 is 0 Å². The molecular formula is C40H67NO14. The molecule has 1 N–H and O–H groups in total. The molecule has 2 bridgehead atoms. The lowest BCUT2D eigenvalue weighted by molar-refractivity contribution is -0.334. The molecule has 5 saturated heterocycles. The average Bonchev–Trinajstić information content (AvgIpc) is 3.60. The molecule has 5 aliphatic heterocycles. The largest absolute Gasteiger partial charge is 0.509 e. The second kappa shape index (κ2) is 17.0. The summed E-state index contributed by atoms with van der Waals surface area (Å²) in [6, 6.07) is -0.245. The fraction of sp³-hybridized carbons (Fsp3) is 0.925. The van der Waals surface area contributed by atoms with Crippen LogP contribution in [0.5, 0.6) is 0 Å². The van der Waals surface area contributed by atoms with Crippen molar-refractivity contribution in [2.45, 2.75) is 192 Å². The Hall–Kier alpha value is -2.11. The summed E-state index contributed by atoms with van der Waals surface area (Å²) in [5, 5.41) is 12.6. The summed E-state index contributed by atoms with van der Waals surface area (Å²) in [4.78, 5) is 41.7. The van der Waals surface area contributed by atoms with Crippen LogP contribution >= 0.6 is 0 Å². The molecule has 0 aromatic rings. The predicted molar refractivity (Wildman–Crippen MR) is 196 cm³/mol. The van der Waals surface area contributed by atoms with Gasteiger partial charge in [0.05, 0.1) is 53.5 Å². The Morgan fingerprint density at radius 2 is 1.58 bits per heavy atom. The number of carbonyl (C=O) groups excluding carboxylic acids is 3. The van der Waals surface area contributed by atoms with Gasteiger partial charge in [0.15, 0.2) is 36.7 Å². The van der Waals surface area contributed by atoms with Gasteiger partial charge in [0.1, 0.15) is 6.10 Å². The summed E-state index contributed by atoms with van der Waals surface area (Å²) in [5.41, 5.74) is -1.79. The molecule has 0 aromatic carbocycles. The molecule has 0 aromatic heterocycles. The van der Waals surface area contributed by atoms with E-state index in [0.29, 0.717) is 38.5 Å². The third-order valence-electron chi connectivity index (χ3n) is 12.8. The van der Waals surface area contributed by atoms with Gasteiger partial charge in [-0.3, -0.25) is 9.59 Å². The van der Waals surface area contributed by atoms with E-state index in [1.165, 1.54) is 6.92 Å². The SMILES string of the molecule is CCC[C@H]1OC(=O)[C@H](C)[C@@H](OC2CC(C)(OC)CC(C)O2)[C@H](C)[C@@H](OC2OC(C)CC(N(C)C)C2OC(C)=O)[C@@]2(C)C[C@@H](C)C(O)(O2)[C@H](C)[C@H]2OC(=O)O[C@@H]21. The number of likely N-dealkylation sites (N-methyl/N-ethyl adjacent to an activating group) is 1. The Kier molecular flexibility index (Phi) is 13.6. The lowest BCUT2D eigenvalue weighted by Gasteiger charge is -2.48. The van der Waals surface area contributed by atoms with E-state index in [4.69, 9.17) is 47.4 Å². The van der Waals surface area contributed by atoms with Gasteiger partial charge >= 0.3 is 18.1 Å². The van der Waals surface area contributed by atoms with Crippen LogP contribution in [0.3, 0.4) is 0 Å². The number of carbonyl (C=O) groups is 3. The molecule has 316 valence electrons. The first-order valence-electron chi connectivity index (χ1n) is 20.2. The van der Waals surface area contributed by atoms with Crippen molar-refractivity contribution in [1.29, 1.82) is 0 Å². The smallest absolute Gasteiger partial charge is 0.458 e. The Morgan fingerprint density at radius 1 is 0.909 bits per heavy atom. The predicted octanol–water partition coefficient (Wildman–Crippen LogP) is 4.73. The number of esters is 2. The molecule has 15 nitrogen and oxygen atoms in total. The highest BCUT2D eigenvalue weighted by Crippen LogP contribution is 2.52. The van der Waals surface area contributed by atoms with Gasteiger partial charge in [0.2, 0.25) is 0 Å². The van der Waals surface area contributed by atoms with E-state index in [1.807, 2.05) is 67.5 Å². The van der Waals surface area contributed by atoms with Crippen LogP contribution in [0.4, 0.5) is 4.79 Å². The van der Waals surface area contributed by atoms with Crippen molar-refractivity contribution in [3.63, 3.8) is 0 Å². The van der Waals surface area contributed by atoms with E-state index in [1.54, 1.807) is 21.0 Å². The molecule has 0 amide bonds. The first-order chi connectivity index (χ1) is 25.6. The second-order valence-electron chi connectivity index (χ2n) is 17.6. The quantitative estimate of drug-likeness (QED) is 0.252. The second-order valence-corrected chi connectivity index (χ2v) is 17.6. The van der Waals surface area contributed by atoms with Crippen LogP contribution in [0.15, 0.2) is 0 Å². The number of aliphatic hydroxyl groups is 1. The summed E-state index contributed by atoms with van der Waals surface area (Å²) in [6.07, 6.45) is -5.82. The Bertz CT molecular complexity index is 1370. The van der Waals surface area contributed by atoms with Crippen molar-refractivity contribution in [3.8, 4) is 0 Å². The lowest BCUT2D eigenvalue weighted by Crippen LogP contribution is -2.60. The minimum atomic E-state index is -1.84. The molecule has 55 heavy (non-hydrogen) atoms. The normalized spacial score (nSPS) is 48.1. The Morgan fingerprint density at radius 3 is 2.20 bits per heavy atom. The van der Waals surface area contributed by atoms with Crippen LogP contribution in [0.2, 0.25) is 0 Å². The number of ether oxygens (including phenoxy) is 10. The standard InChI is InChI=1S/C40H67NO14/c1-14-15-28-33-31(52-37(44)53-33)25(7)40(45)20(2)17-39(10,55-40)34(54-36-32(49-26(8)42)27(41(11)12)16-21(3)48-36)23(5)30(24(6)35(43)50-28)51-29-19-38(9,46-13)18-22(4)47-29/h20-25,27-34,36,45H,14-19H2,1-13H3/t20-,21?,22?,23+,24-,25-,27?,28-,29?,30+,31-,32?,33-,34-,36?,38?,39-,40?/m1/s1. The third kappa shape index (κ3) is 9.14. The summed E-state index contributed by atoms with van der Waals surface area (Å²) in [5.74, 6) is -5.77. The summed E-state index contributed by atoms with van der Waals surface area (Å²) >= 11 is 0. The zero-order chi connectivity index (χ0) is 40.8. The fourth-order valence-electron chi connectivity index (χ4n) is 9.86. The number of fused-ring (bicyclic) bond motifs is 3. The highest BCUT2D eigenvalue weighted by atomic mass is 16.8. The van der Waals surface area contributed by atoms with Crippen LogP contribution in [-0.2, 0) is 57.0 Å². The third-order valence-corrected chi connectivity index (χ3v) is 12.8. The van der Waals surface area contributed by atoms with Gasteiger partial charge < -0.3 is 57.4 Å². The van der Waals surface area contributed by atoms with Crippen molar-refractivity contribution in [3.05, 3.63) is 0 Å². The first-order valence-corrected chi connectivity index (χ1v) is 20.2. The van der Waals surface area contributed by atoms with Gasteiger partial charge in [-0.25, -0.2) is 4.79 Å². The number of nitrogens with zero attached hydrogens (tertiary/aromatic N) is 1. The molecule has 8 unspecified atom stereocenters. The Labute approximate surface area is 326 Å². The number of methoxy groups -OCH3 is 1. The molecule has 0 radical (unpaired) electrons. The van der Waals surface area contributed by atoms with Gasteiger partial charge in [0, 0.05) is 38.7 Å². The van der Waals surface area contributed by atoms with Gasteiger partial charge in [-0.05, 0) is 68.0 Å². The molecule has 5 fully saturated rings. The van der Waals surface area contributed by atoms with Crippen molar-refractivity contribution in [1.82, 2.24) is 4.90 Å². The highest BCUT2D eigenvalue weighted by Gasteiger charge is 2.64. The molecule has 5 aliphatic rings. The molecule has 5 heterocycles. The van der Waals surface area contributed by atoms with Crippen LogP contribution in [0, 0.1) is 23.7 Å². The summed E-state index contributed by atoms with van der Waals surface area (Å²) in [7, 11) is 5.49. The number of rotatable bonds is 9. The number of cyclic esters (lactones) is 1. The van der Waals surface area contributed by atoms with E-state index in [9.17, 15) is 19.5 Å². The maximum absolute atomic E-state index is 14.4. The molecule has 5 rings (SSSR count). The molecule has 0 saturated carbocycles. The fourth-order valence-corrected chi connectivity index (χ4v) is 9.86. The summed E-state index contributed by atoms with van der Waals surface area (Å²) in [6.45, 7) is 18.3. The van der Waals surface area contributed by atoms with Gasteiger partial charge in [-0.2, -0.15) is 0 Å². The number of hydrogen-bond donors (Lipinski definition) is 1. The van der Waals surface area contributed by atoms with Gasteiger partial charge in [0.25, 0.3) is 0 Å². The van der Waals surface area contributed by atoms with Crippen molar-refractivity contribution >= 4 is 18.1 Å². The number of hydrogen-bond acceptors (Lipinski definition) is 15. The molecular weight excluding hydrogens is 718 g/mol. The van der Waals surface area contributed by atoms with E-state index in [2.05, 4.69) is 0 Å². The minimum absolute atomic E-state index is 0.205. The van der Waals surface area contributed by atoms with Crippen LogP contribution in [0.1, 0.15) is 108 Å². The molecule has 0 spiro atoms. The topological polar surface area (TPSA) is 167 Å². The molecule has 0 aliphatic carbocycles. The van der Waals surface area contributed by atoms with Crippen molar-refractivity contribution < 1.29 is 66.9 Å². The minimum Gasteiger partial charge on any atom is -0.458 e. The van der Waals surface area contributed by atoms with Gasteiger partial charge in [-0.1, -0.05) is 34.1 Å². The maximum atomic E-state index is 14.4. The van der Waals surface area contributed by atoms with Crippen LogP contribution in [-0.4, -0.2) is 134 Å². The van der Waals surface area contributed by atoms with Crippen molar-refractivity contribution in [2.24, 2.45) is 23.7 Å². The van der Waals surface area contributed by atoms with Crippen LogP contribution in [0.25, 0.3) is 0 Å². The van der Waals surface area contributed by atoms with E-state index in [0.717, 1.165) is 0 Å². The first kappa shape index (κ1) is 44.0.